The summed E-state index contributed by atoms with van der Waals surface area (Å²) >= 11 is 18.0. The van der Waals surface area contributed by atoms with Crippen LogP contribution in [0.15, 0.2) is 48.5 Å². The molecule has 2 rings (SSSR count). The van der Waals surface area contributed by atoms with Crippen LogP contribution in [-0.2, 0) is 0 Å². The van der Waals surface area contributed by atoms with E-state index in [1.54, 1.807) is 0 Å². The molecule has 0 aliphatic rings. The SMILES string of the molecule is ClB(c1ccc(Cl)cc1)c1ccc(Cl)cc1. The van der Waals surface area contributed by atoms with Crippen LogP contribution in [0.1, 0.15) is 0 Å². The fourth-order valence-electron chi connectivity index (χ4n) is 1.46. The van der Waals surface area contributed by atoms with Gasteiger partial charge in [0.05, 0.1) is 0 Å². The average Bonchev–Trinajstić information content (AvgIpc) is 2.30. The fourth-order valence-corrected chi connectivity index (χ4v) is 2.00. The van der Waals surface area contributed by atoms with Crippen molar-refractivity contribution in [2.75, 3.05) is 0 Å². The molecule has 0 amide bonds. The van der Waals surface area contributed by atoms with Crippen LogP contribution in [0.2, 0.25) is 10.0 Å². The number of halogens is 3. The van der Waals surface area contributed by atoms with Gasteiger partial charge in [-0.3, -0.25) is 0 Å². The number of rotatable bonds is 2. The molecule has 0 heterocycles. The summed E-state index contributed by atoms with van der Waals surface area (Å²) in [4.78, 5) is 0. The second kappa shape index (κ2) is 5.14. The molecule has 2 aromatic rings. The Bertz CT molecular complexity index is 419. The maximum atomic E-state index is 6.35. The Hall–Kier alpha value is -0.625. The number of benzene rings is 2. The van der Waals surface area contributed by atoms with Gasteiger partial charge in [0, 0.05) is 10.0 Å². The topological polar surface area (TPSA) is 0 Å². The standard InChI is InChI=1S/C12H8BCl3/c14-11-5-1-9(2-6-11)13(16)10-3-7-12(15)8-4-10/h1-8H. The van der Waals surface area contributed by atoms with Gasteiger partial charge in [0.25, 0.3) is 0 Å². The van der Waals surface area contributed by atoms with E-state index >= 15 is 0 Å². The second-order valence-corrected chi connectivity index (χ2v) is 4.77. The fraction of sp³-hybridized carbons (Fsp3) is 0. The van der Waals surface area contributed by atoms with E-state index < -0.39 is 0 Å². The first-order chi connectivity index (χ1) is 7.66. The van der Waals surface area contributed by atoms with Gasteiger partial charge in [-0.05, 0) is 24.3 Å². The highest BCUT2D eigenvalue weighted by Crippen LogP contribution is 2.07. The third-order valence-electron chi connectivity index (χ3n) is 2.33. The highest BCUT2D eigenvalue weighted by Gasteiger charge is 2.15. The van der Waals surface area contributed by atoms with E-state index in [0.29, 0.717) is 10.0 Å². The molecule has 0 nitrogen and oxygen atoms in total. The molecule has 0 fully saturated rings. The molecule has 16 heavy (non-hydrogen) atoms. The number of hydrogen-bond acceptors (Lipinski definition) is 0. The van der Waals surface area contributed by atoms with Gasteiger partial charge in [-0.15, -0.1) is 0 Å². The molecular formula is C12H8BCl3. The first kappa shape index (κ1) is 11.8. The highest BCUT2D eigenvalue weighted by atomic mass is 35.5. The quantitative estimate of drug-likeness (QED) is 0.734. The molecule has 0 bridgehead atoms. The smallest absolute Gasteiger partial charge is 0.182 e. The van der Waals surface area contributed by atoms with Crippen LogP contribution < -0.4 is 10.9 Å². The molecule has 0 spiro atoms. The van der Waals surface area contributed by atoms with Gasteiger partial charge < -0.3 is 0 Å². The van der Waals surface area contributed by atoms with Gasteiger partial charge in [0.2, 0.25) is 0 Å². The Balaban J connectivity index is 2.28. The zero-order valence-electron chi connectivity index (χ0n) is 8.33. The summed E-state index contributed by atoms with van der Waals surface area (Å²) in [6.07, 6.45) is -0.172. The average molecular weight is 269 g/mol. The zero-order valence-corrected chi connectivity index (χ0v) is 10.6. The van der Waals surface area contributed by atoms with Gasteiger partial charge >= 0.3 is 6.13 Å². The molecule has 80 valence electrons. The maximum Gasteiger partial charge on any atom is 0.315 e. The highest BCUT2D eigenvalue weighted by molar-refractivity contribution is 7.21. The second-order valence-electron chi connectivity index (χ2n) is 3.47. The maximum absolute atomic E-state index is 6.35. The molecule has 0 atom stereocenters. The summed E-state index contributed by atoms with van der Waals surface area (Å²) in [7, 11) is 0. The van der Waals surface area contributed by atoms with Crippen LogP contribution in [0.25, 0.3) is 0 Å². The summed E-state index contributed by atoms with van der Waals surface area (Å²) in [6.45, 7) is 0. The van der Waals surface area contributed by atoms with Crippen molar-refractivity contribution >= 4 is 51.7 Å². The number of hydrogen-bond donors (Lipinski definition) is 0. The minimum absolute atomic E-state index is 0.172. The zero-order chi connectivity index (χ0) is 11.5. The molecule has 0 aromatic heterocycles. The summed E-state index contributed by atoms with van der Waals surface area (Å²) in [6, 6.07) is 15.0. The van der Waals surface area contributed by atoms with Crippen molar-refractivity contribution in [2.24, 2.45) is 0 Å². The van der Waals surface area contributed by atoms with Crippen LogP contribution in [-0.4, -0.2) is 6.13 Å². The molecule has 0 saturated carbocycles. The van der Waals surface area contributed by atoms with Gasteiger partial charge in [-0.2, -0.15) is 11.5 Å². The molecule has 0 aliphatic carbocycles. The minimum Gasteiger partial charge on any atom is -0.182 e. The summed E-state index contributed by atoms with van der Waals surface area (Å²) in [5.74, 6) is 0. The van der Waals surface area contributed by atoms with Crippen molar-refractivity contribution in [1.29, 1.82) is 0 Å². The van der Waals surface area contributed by atoms with Crippen LogP contribution in [0.3, 0.4) is 0 Å². The Labute approximate surface area is 110 Å². The van der Waals surface area contributed by atoms with Crippen molar-refractivity contribution in [1.82, 2.24) is 0 Å². The molecule has 0 saturated heterocycles. The molecule has 2 aromatic carbocycles. The predicted molar refractivity (Wildman–Crippen MR) is 73.8 cm³/mol. The molecule has 0 aliphatic heterocycles. The Morgan fingerprint density at radius 1 is 0.625 bits per heavy atom. The molecule has 0 radical (unpaired) electrons. The van der Waals surface area contributed by atoms with Crippen molar-refractivity contribution in [3.63, 3.8) is 0 Å². The Morgan fingerprint density at radius 2 is 0.938 bits per heavy atom. The summed E-state index contributed by atoms with van der Waals surface area (Å²) in [5, 5.41) is 1.42. The van der Waals surface area contributed by atoms with E-state index in [2.05, 4.69) is 0 Å². The van der Waals surface area contributed by atoms with Gasteiger partial charge in [-0.1, -0.05) is 58.4 Å². The molecular weight excluding hydrogens is 261 g/mol. The van der Waals surface area contributed by atoms with Gasteiger partial charge in [0.15, 0.2) is 0 Å². The lowest BCUT2D eigenvalue weighted by atomic mass is 9.62. The summed E-state index contributed by atoms with van der Waals surface area (Å²) < 4.78 is 0. The Kier molecular flexibility index (Phi) is 3.80. The monoisotopic (exact) mass is 268 g/mol. The molecule has 0 N–H and O–H groups in total. The van der Waals surface area contributed by atoms with Crippen LogP contribution in [0.4, 0.5) is 0 Å². The third-order valence-corrected chi connectivity index (χ3v) is 3.33. The van der Waals surface area contributed by atoms with E-state index in [-0.39, 0.29) is 6.13 Å². The van der Waals surface area contributed by atoms with Crippen LogP contribution in [0, 0.1) is 0 Å². The summed E-state index contributed by atoms with van der Waals surface area (Å²) in [5.41, 5.74) is 2.04. The Morgan fingerprint density at radius 3 is 1.25 bits per heavy atom. The first-order valence-corrected chi connectivity index (χ1v) is 6.01. The molecule has 4 heteroatoms. The lowest BCUT2D eigenvalue weighted by Crippen LogP contribution is -2.36. The lowest BCUT2D eigenvalue weighted by Gasteiger charge is -2.06. The van der Waals surface area contributed by atoms with E-state index in [4.69, 9.17) is 34.7 Å². The van der Waals surface area contributed by atoms with Crippen molar-refractivity contribution in [3.8, 4) is 0 Å². The van der Waals surface area contributed by atoms with E-state index in [1.165, 1.54) is 0 Å². The predicted octanol–water partition coefficient (Wildman–Crippen LogP) is 3.34. The van der Waals surface area contributed by atoms with E-state index in [0.717, 1.165) is 10.9 Å². The van der Waals surface area contributed by atoms with Crippen molar-refractivity contribution in [2.45, 2.75) is 0 Å². The van der Waals surface area contributed by atoms with E-state index in [1.807, 2.05) is 48.5 Å². The van der Waals surface area contributed by atoms with Crippen LogP contribution >= 0.6 is 34.7 Å². The van der Waals surface area contributed by atoms with Gasteiger partial charge in [0.1, 0.15) is 0 Å². The lowest BCUT2D eigenvalue weighted by molar-refractivity contribution is 1.74. The van der Waals surface area contributed by atoms with Crippen molar-refractivity contribution in [3.05, 3.63) is 58.6 Å². The van der Waals surface area contributed by atoms with E-state index in [9.17, 15) is 0 Å². The van der Waals surface area contributed by atoms with Crippen molar-refractivity contribution < 1.29 is 0 Å². The third kappa shape index (κ3) is 2.73. The van der Waals surface area contributed by atoms with Crippen LogP contribution in [0.5, 0.6) is 0 Å². The minimum atomic E-state index is -0.172. The van der Waals surface area contributed by atoms with Gasteiger partial charge in [-0.25, -0.2) is 0 Å². The molecule has 0 unspecified atom stereocenters. The normalized spacial score (nSPS) is 10.2. The largest absolute Gasteiger partial charge is 0.315 e. The first-order valence-electron chi connectivity index (χ1n) is 4.82.